The highest BCUT2D eigenvalue weighted by Crippen LogP contribution is 2.17. The van der Waals surface area contributed by atoms with Crippen molar-refractivity contribution in [2.24, 2.45) is 0 Å². The first-order valence-corrected chi connectivity index (χ1v) is 6.29. The van der Waals surface area contributed by atoms with Crippen molar-refractivity contribution in [1.29, 1.82) is 0 Å². The van der Waals surface area contributed by atoms with Gasteiger partial charge in [-0.1, -0.05) is 25.7 Å². The van der Waals surface area contributed by atoms with E-state index in [-0.39, 0.29) is 17.6 Å². The SMILES string of the molecule is O=C(NC1CCCCCC1)c1cc(=O)[nH]c(=O)[nH]1. The summed E-state index contributed by atoms with van der Waals surface area (Å²) in [5, 5.41) is 2.87. The molecule has 0 radical (unpaired) electrons. The summed E-state index contributed by atoms with van der Waals surface area (Å²) in [6.45, 7) is 0. The smallest absolute Gasteiger partial charge is 0.326 e. The second kappa shape index (κ2) is 5.66. The Morgan fingerprint density at radius 3 is 2.39 bits per heavy atom. The Morgan fingerprint density at radius 1 is 1.11 bits per heavy atom. The van der Waals surface area contributed by atoms with Gasteiger partial charge in [-0.15, -0.1) is 0 Å². The molecule has 1 aliphatic carbocycles. The zero-order valence-corrected chi connectivity index (χ0v) is 10.1. The molecular weight excluding hydrogens is 234 g/mol. The van der Waals surface area contributed by atoms with Crippen molar-refractivity contribution < 1.29 is 4.79 Å². The monoisotopic (exact) mass is 251 g/mol. The molecule has 6 heteroatoms. The van der Waals surface area contributed by atoms with E-state index in [2.05, 4.69) is 10.3 Å². The highest BCUT2D eigenvalue weighted by atomic mass is 16.2. The van der Waals surface area contributed by atoms with Gasteiger partial charge in [0.1, 0.15) is 5.69 Å². The fourth-order valence-electron chi connectivity index (χ4n) is 2.28. The van der Waals surface area contributed by atoms with E-state index in [0.717, 1.165) is 31.7 Å². The molecule has 0 atom stereocenters. The third-order valence-corrected chi connectivity index (χ3v) is 3.20. The number of carbonyl (C=O) groups is 1. The zero-order chi connectivity index (χ0) is 13.0. The lowest BCUT2D eigenvalue weighted by atomic mass is 10.1. The first-order valence-electron chi connectivity index (χ1n) is 6.29. The third kappa shape index (κ3) is 3.32. The van der Waals surface area contributed by atoms with Crippen molar-refractivity contribution in [3.8, 4) is 0 Å². The maximum atomic E-state index is 11.9. The van der Waals surface area contributed by atoms with Crippen LogP contribution in [-0.4, -0.2) is 21.9 Å². The molecule has 1 heterocycles. The van der Waals surface area contributed by atoms with Crippen LogP contribution in [0.2, 0.25) is 0 Å². The molecule has 0 spiro atoms. The first kappa shape index (κ1) is 12.6. The Hall–Kier alpha value is -1.85. The van der Waals surface area contributed by atoms with E-state index in [0.29, 0.717) is 0 Å². The molecule has 1 saturated carbocycles. The number of nitrogens with one attached hydrogen (secondary N) is 3. The van der Waals surface area contributed by atoms with Crippen LogP contribution in [0.5, 0.6) is 0 Å². The molecule has 0 aliphatic heterocycles. The van der Waals surface area contributed by atoms with Gasteiger partial charge in [0.05, 0.1) is 0 Å². The summed E-state index contributed by atoms with van der Waals surface area (Å²) in [6, 6.07) is 1.25. The average Bonchev–Trinajstić information content (AvgIpc) is 2.56. The van der Waals surface area contributed by atoms with Gasteiger partial charge in [0.25, 0.3) is 11.5 Å². The summed E-state index contributed by atoms with van der Waals surface area (Å²) in [6.07, 6.45) is 6.54. The van der Waals surface area contributed by atoms with Crippen LogP contribution in [0, 0.1) is 0 Å². The van der Waals surface area contributed by atoms with E-state index < -0.39 is 11.2 Å². The summed E-state index contributed by atoms with van der Waals surface area (Å²) in [7, 11) is 0. The molecule has 0 unspecified atom stereocenters. The summed E-state index contributed by atoms with van der Waals surface area (Å²) in [4.78, 5) is 38.4. The van der Waals surface area contributed by atoms with E-state index >= 15 is 0 Å². The maximum absolute atomic E-state index is 11.9. The lowest BCUT2D eigenvalue weighted by Crippen LogP contribution is -2.37. The van der Waals surface area contributed by atoms with Gasteiger partial charge in [-0.25, -0.2) is 4.79 Å². The van der Waals surface area contributed by atoms with Gasteiger partial charge in [-0.2, -0.15) is 0 Å². The number of aromatic nitrogens is 2. The van der Waals surface area contributed by atoms with Gasteiger partial charge in [-0.05, 0) is 12.8 Å². The second-order valence-corrected chi connectivity index (χ2v) is 4.66. The van der Waals surface area contributed by atoms with Crippen LogP contribution in [0.4, 0.5) is 0 Å². The molecule has 0 bridgehead atoms. The van der Waals surface area contributed by atoms with Crippen LogP contribution in [-0.2, 0) is 0 Å². The molecule has 6 nitrogen and oxygen atoms in total. The van der Waals surface area contributed by atoms with Crippen molar-refractivity contribution in [1.82, 2.24) is 15.3 Å². The Bertz CT molecular complexity index is 496. The normalized spacial score (nSPS) is 17.1. The van der Waals surface area contributed by atoms with Crippen molar-refractivity contribution in [3.05, 3.63) is 32.6 Å². The fourth-order valence-corrected chi connectivity index (χ4v) is 2.28. The Kier molecular flexibility index (Phi) is 3.96. The first-order chi connectivity index (χ1) is 8.65. The minimum absolute atomic E-state index is 0.0213. The molecule has 3 N–H and O–H groups in total. The topological polar surface area (TPSA) is 94.8 Å². The predicted octanol–water partition coefficient (Wildman–Crippen LogP) is 0.516. The molecule has 1 fully saturated rings. The van der Waals surface area contributed by atoms with Crippen LogP contribution in [0.15, 0.2) is 15.7 Å². The molecule has 98 valence electrons. The molecule has 18 heavy (non-hydrogen) atoms. The van der Waals surface area contributed by atoms with Crippen LogP contribution < -0.4 is 16.6 Å². The van der Waals surface area contributed by atoms with Crippen LogP contribution >= 0.6 is 0 Å². The van der Waals surface area contributed by atoms with Crippen LogP contribution in [0.3, 0.4) is 0 Å². The second-order valence-electron chi connectivity index (χ2n) is 4.66. The van der Waals surface area contributed by atoms with Crippen molar-refractivity contribution in [2.75, 3.05) is 0 Å². The van der Waals surface area contributed by atoms with E-state index in [1.165, 1.54) is 12.8 Å². The number of rotatable bonds is 2. The Balaban J connectivity index is 2.06. The van der Waals surface area contributed by atoms with E-state index in [1.54, 1.807) is 0 Å². The number of hydrogen-bond donors (Lipinski definition) is 3. The lowest BCUT2D eigenvalue weighted by Gasteiger charge is -2.15. The largest absolute Gasteiger partial charge is 0.348 e. The molecule has 1 aromatic rings. The molecular formula is C12H17N3O3. The van der Waals surface area contributed by atoms with Gasteiger partial charge in [0.2, 0.25) is 0 Å². The summed E-state index contributed by atoms with van der Waals surface area (Å²) in [5.41, 5.74) is -1.20. The molecule has 0 aromatic carbocycles. The maximum Gasteiger partial charge on any atom is 0.326 e. The number of carbonyl (C=O) groups excluding carboxylic acids is 1. The Labute approximate surface area is 104 Å². The van der Waals surface area contributed by atoms with E-state index in [9.17, 15) is 14.4 Å². The molecule has 1 amide bonds. The van der Waals surface area contributed by atoms with Crippen molar-refractivity contribution >= 4 is 5.91 Å². The number of hydrogen-bond acceptors (Lipinski definition) is 3. The molecule has 2 rings (SSSR count). The fraction of sp³-hybridized carbons (Fsp3) is 0.583. The van der Waals surface area contributed by atoms with Crippen LogP contribution in [0.25, 0.3) is 0 Å². The van der Waals surface area contributed by atoms with Gasteiger partial charge < -0.3 is 10.3 Å². The third-order valence-electron chi connectivity index (χ3n) is 3.20. The number of amides is 1. The highest BCUT2D eigenvalue weighted by molar-refractivity contribution is 5.92. The van der Waals surface area contributed by atoms with Gasteiger partial charge in [-0.3, -0.25) is 14.6 Å². The minimum Gasteiger partial charge on any atom is -0.348 e. The Morgan fingerprint density at radius 2 is 1.78 bits per heavy atom. The lowest BCUT2D eigenvalue weighted by molar-refractivity contribution is 0.0927. The molecule has 1 aliphatic rings. The highest BCUT2D eigenvalue weighted by Gasteiger charge is 2.16. The van der Waals surface area contributed by atoms with Gasteiger partial charge in [0.15, 0.2) is 0 Å². The summed E-state index contributed by atoms with van der Waals surface area (Å²) >= 11 is 0. The number of H-pyrrole nitrogens is 2. The van der Waals surface area contributed by atoms with Gasteiger partial charge in [0, 0.05) is 12.1 Å². The standard InChI is InChI=1S/C12H17N3O3/c16-10-7-9(14-12(18)15-10)11(17)13-8-5-3-1-2-4-6-8/h7-8H,1-6H2,(H,13,17)(H2,14,15,16,18). The van der Waals surface area contributed by atoms with E-state index in [1.807, 2.05) is 4.98 Å². The van der Waals surface area contributed by atoms with Gasteiger partial charge >= 0.3 is 5.69 Å². The zero-order valence-electron chi connectivity index (χ0n) is 10.1. The van der Waals surface area contributed by atoms with Crippen molar-refractivity contribution in [3.63, 3.8) is 0 Å². The summed E-state index contributed by atoms with van der Waals surface area (Å²) < 4.78 is 0. The predicted molar refractivity (Wildman–Crippen MR) is 66.6 cm³/mol. The van der Waals surface area contributed by atoms with Crippen LogP contribution in [0.1, 0.15) is 49.0 Å². The average molecular weight is 251 g/mol. The van der Waals surface area contributed by atoms with Crippen molar-refractivity contribution in [2.45, 2.75) is 44.6 Å². The molecule has 1 aromatic heterocycles. The molecule has 0 saturated heterocycles. The number of aromatic amines is 2. The summed E-state index contributed by atoms with van der Waals surface area (Å²) in [5.74, 6) is -0.384. The quantitative estimate of drug-likeness (QED) is 0.668. The van der Waals surface area contributed by atoms with E-state index in [4.69, 9.17) is 0 Å². The minimum atomic E-state index is -0.659.